The van der Waals surface area contributed by atoms with Crippen molar-refractivity contribution in [3.05, 3.63) is 0 Å². The molecule has 16 heavy (non-hydrogen) atoms. The first-order valence-corrected chi connectivity index (χ1v) is 6.27. The molecule has 2 aliphatic rings. The third-order valence-electron chi connectivity index (χ3n) is 3.89. The fourth-order valence-electron chi connectivity index (χ4n) is 2.56. The zero-order valence-electron chi connectivity index (χ0n) is 9.86. The first-order valence-electron chi connectivity index (χ1n) is 6.27. The average Bonchev–Trinajstić information content (AvgIpc) is 2.23. The molecule has 94 valence electrons. The Morgan fingerprint density at radius 2 is 1.88 bits per heavy atom. The van der Waals surface area contributed by atoms with Crippen LogP contribution in [-0.2, 0) is 4.79 Å². The fourth-order valence-corrected chi connectivity index (χ4v) is 2.56. The predicted molar refractivity (Wildman–Crippen MR) is 67.6 cm³/mol. The predicted octanol–water partition coefficient (Wildman–Crippen LogP) is 1.80. The molecule has 1 saturated carbocycles. The number of carbonyl (C=O) groups is 1. The van der Waals surface area contributed by atoms with E-state index in [1.54, 1.807) is 0 Å². The van der Waals surface area contributed by atoms with E-state index < -0.39 is 0 Å². The van der Waals surface area contributed by atoms with Crippen molar-refractivity contribution in [1.29, 1.82) is 0 Å². The van der Waals surface area contributed by atoms with Crippen molar-refractivity contribution in [1.82, 2.24) is 4.90 Å². The molecular formula is C12H23ClN2O. The third-order valence-corrected chi connectivity index (χ3v) is 3.89. The third kappa shape index (κ3) is 3.36. The number of rotatable bonds is 3. The van der Waals surface area contributed by atoms with Gasteiger partial charge >= 0.3 is 0 Å². The zero-order chi connectivity index (χ0) is 10.7. The second-order valence-electron chi connectivity index (χ2n) is 5.08. The van der Waals surface area contributed by atoms with E-state index in [0.29, 0.717) is 17.7 Å². The Morgan fingerprint density at radius 1 is 1.19 bits per heavy atom. The first-order chi connectivity index (χ1) is 7.29. The number of hydrogen-bond donors (Lipinski definition) is 1. The fraction of sp³-hybridized carbons (Fsp3) is 0.917. The van der Waals surface area contributed by atoms with E-state index in [9.17, 15) is 4.79 Å². The second-order valence-corrected chi connectivity index (χ2v) is 5.08. The minimum atomic E-state index is 0. The van der Waals surface area contributed by atoms with Crippen molar-refractivity contribution in [3.63, 3.8) is 0 Å². The summed E-state index contributed by atoms with van der Waals surface area (Å²) in [5.41, 5.74) is 5.67. The van der Waals surface area contributed by atoms with Crippen LogP contribution in [0, 0.1) is 11.8 Å². The summed E-state index contributed by atoms with van der Waals surface area (Å²) in [6.45, 7) is 2.59. The SMILES string of the molecule is Cl.NCC1CCCN(C(=O)CC2CCC2)C1. The summed E-state index contributed by atoms with van der Waals surface area (Å²) in [5.74, 6) is 1.61. The van der Waals surface area contributed by atoms with Gasteiger partial charge in [-0.25, -0.2) is 0 Å². The highest BCUT2D eigenvalue weighted by Crippen LogP contribution is 2.30. The van der Waals surface area contributed by atoms with Crippen molar-refractivity contribution in [2.24, 2.45) is 17.6 Å². The van der Waals surface area contributed by atoms with Crippen LogP contribution >= 0.6 is 12.4 Å². The van der Waals surface area contributed by atoms with Gasteiger partial charge in [0, 0.05) is 19.5 Å². The van der Waals surface area contributed by atoms with Crippen LogP contribution in [0.1, 0.15) is 38.5 Å². The van der Waals surface area contributed by atoms with Crippen molar-refractivity contribution < 1.29 is 4.79 Å². The molecule has 0 spiro atoms. The maximum Gasteiger partial charge on any atom is 0.222 e. The molecule has 1 heterocycles. The van der Waals surface area contributed by atoms with E-state index in [1.165, 1.54) is 25.7 Å². The monoisotopic (exact) mass is 246 g/mol. The van der Waals surface area contributed by atoms with E-state index in [-0.39, 0.29) is 12.4 Å². The van der Waals surface area contributed by atoms with Crippen LogP contribution in [0.2, 0.25) is 0 Å². The zero-order valence-corrected chi connectivity index (χ0v) is 10.7. The van der Waals surface area contributed by atoms with Gasteiger partial charge in [-0.2, -0.15) is 0 Å². The number of halogens is 1. The van der Waals surface area contributed by atoms with Gasteiger partial charge < -0.3 is 10.6 Å². The Morgan fingerprint density at radius 3 is 2.44 bits per heavy atom. The van der Waals surface area contributed by atoms with Gasteiger partial charge in [0.05, 0.1) is 0 Å². The van der Waals surface area contributed by atoms with Gasteiger partial charge in [-0.3, -0.25) is 4.79 Å². The van der Waals surface area contributed by atoms with Crippen molar-refractivity contribution in [2.45, 2.75) is 38.5 Å². The lowest BCUT2D eigenvalue weighted by atomic mass is 9.82. The normalized spacial score (nSPS) is 25.8. The number of nitrogens with zero attached hydrogens (tertiary/aromatic N) is 1. The molecule has 2 fully saturated rings. The second kappa shape index (κ2) is 6.45. The van der Waals surface area contributed by atoms with Crippen LogP contribution in [0.15, 0.2) is 0 Å². The van der Waals surface area contributed by atoms with Crippen molar-refractivity contribution in [3.8, 4) is 0 Å². The maximum atomic E-state index is 11.9. The summed E-state index contributed by atoms with van der Waals surface area (Å²) >= 11 is 0. The molecule has 1 saturated heterocycles. The molecular weight excluding hydrogens is 224 g/mol. The molecule has 1 atom stereocenters. The first kappa shape index (κ1) is 13.8. The lowest BCUT2D eigenvalue weighted by Gasteiger charge is -2.34. The standard InChI is InChI=1S/C12H22N2O.ClH/c13-8-11-5-2-6-14(9-11)12(15)7-10-3-1-4-10;/h10-11H,1-9,13H2;1H. The largest absolute Gasteiger partial charge is 0.342 e. The summed E-state index contributed by atoms with van der Waals surface area (Å²) in [7, 11) is 0. The molecule has 0 bridgehead atoms. The molecule has 4 heteroatoms. The van der Waals surface area contributed by atoms with E-state index in [4.69, 9.17) is 5.73 Å². The molecule has 1 amide bonds. The Balaban J connectivity index is 0.00000128. The highest BCUT2D eigenvalue weighted by Gasteiger charge is 2.26. The van der Waals surface area contributed by atoms with E-state index in [0.717, 1.165) is 32.5 Å². The summed E-state index contributed by atoms with van der Waals surface area (Å²) in [6, 6.07) is 0. The lowest BCUT2D eigenvalue weighted by molar-refractivity contribution is -0.134. The van der Waals surface area contributed by atoms with Crippen LogP contribution in [0.4, 0.5) is 0 Å². The van der Waals surface area contributed by atoms with Gasteiger partial charge in [-0.05, 0) is 44.1 Å². The Hall–Kier alpha value is -0.280. The number of hydrogen-bond acceptors (Lipinski definition) is 2. The van der Waals surface area contributed by atoms with Gasteiger partial charge in [0.2, 0.25) is 5.91 Å². The van der Waals surface area contributed by atoms with E-state index in [2.05, 4.69) is 0 Å². The average molecular weight is 247 g/mol. The van der Waals surface area contributed by atoms with Gasteiger partial charge in [0.15, 0.2) is 0 Å². The van der Waals surface area contributed by atoms with Gasteiger partial charge in [-0.1, -0.05) is 6.42 Å². The van der Waals surface area contributed by atoms with E-state index in [1.807, 2.05) is 4.90 Å². The Kier molecular flexibility index (Phi) is 5.56. The molecule has 0 radical (unpaired) electrons. The number of carbonyl (C=O) groups excluding carboxylic acids is 1. The van der Waals surface area contributed by atoms with Crippen molar-refractivity contribution in [2.75, 3.05) is 19.6 Å². The number of likely N-dealkylation sites (tertiary alicyclic amines) is 1. The topological polar surface area (TPSA) is 46.3 Å². The highest BCUT2D eigenvalue weighted by molar-refractivity contribution is 5.85. The highest BCUT2D eigenvalue weighted by atomic mass is 35.5. The molecule has 0 aromatic carbocycles. The van der Waals surface area contributed by atoms with Crippen LogP contribution in [-0.4, -0.2) is 30.4 Å². The summed E-state index contributed by atoms with van der Waals surface area (Å²) in [4.78, 5) is 14.0. The summed E-state index contributed by atoms with van der Waals surface area (Å²) in [5, 5.41) is 0. The summed E-state index contributed by atoms with van der Waals surface area (Å²) in [6.07, 6.45) is 6.97. The number of amides is 1. The molecule has 1 unspecified atom stereocenters. The molecule has 2 rings (SSSR count). The minimum Gasteiger partial charge on any atom is -0.342 e. The molecule has 3 nitrogen and oxygen atoms in total. The van der Waals surface area contributed by atoms with Crippen LogP contribution < -0.4 is 5.73 Å². The Bertz CT molecular complexity index is 231. The van der Waals surface area contributed by atoms with Gasteiger partial charge in [0.25, 0.3) is 0 Å². The number of piperidine rings is 1. The van der Waals surface area contributed by atoms with Crippen molar-refractivity contribution >= 4 is 18.3 Å². The number of nitrogens with two attached hydrogens (primary N) is 1. The molecule has 2 N–H and O–H groups in total. The molecule has 0 aromatic heterocycles. The quantitative estimate of drug-likeness (QED) is 0.826. The molecule has 0 aromatic rings. The molecule has 1 aliphatic carbocycles. The summed E-state index contributed by atoms with van der Waals surface area (Å²) < 4.78 is 0. The smallest absolute Gasteiger partial charge is 0.222 e. The minimum absolute atomic E-state index is 0. The van der Waals surface area contributed by atoms with Gasteiger partial charge in [0.1, 0.15) is 0 Å². The lowest BCUT2D eigenvalue weighted by Crippen LogP contribution is -2.42. The van der Waals surface area contributed by atoms with E-state index >= 15 is 0 Å². The Labute approximate surface area is 104 Å². The van der Waals surface area contributed by atoms with Gasteiger partial charge in [-0.15, -0.1) is 12.4 Å². The maximum absolute atomic E-state index is 11.9. The molecule has 1 aliphatic heterocycles. The van der Waals surface area contributed by atoms with Crippen LogP contribution in [0.5, 0.6) is 0 Å². The van der Waals surface area contributed by atoms with Crippen LogP contribution in [0.25, 0.3) is 0 Å². The van der Waals surface area contributed by atoms with Crippen LogP contribution in [0.3, 0.4) is 0 Å².